The molecule has 3 rings (SSSR count). The van der Waals surface area contributed by atoms with E-state index < -0.39 is 0 Å². The normalized spacial score (nSPS) is 19.2. The second-order valence-electron chi connectivity index (χ2n) is 5.65. The van der Waals surface area contributed by atoms with Crippen LogP contribution in [0.2, 0.25) is 0 Å². The number of aromatic nitrogens is 2. The van der Waals surface area contributed by atoms with Gasteiger partial charge in [0.05, 0.1) is 11.7 Å². The van der Waals surface area contributed by atoms with E-state index in [1.54, 1.807) is 23.6 Å². The molecule has 0 N–H and O–H groups in total. The first-order valence-corrected chi connectivity index (χ1v) is 8.21. The van der Waals surface area contributed by atoms with E-state index in [-0.39, 0.29) is 17.9 Å². The number of nitrogens with zero attached hydrogens (tertiary/aromatic N) is 3. The van der Waals surface area contributed by atoms with Gasteiger partial charge in [-0.2, -0.15) is 0 Å². The van der Waals surface area contributed by atoms with E-state index in [9.17, 15) is 4.79 Å². The Morgan fingerprint density at radius 2 is 2.33 bits per heavy atom. The van der Waals surface area contributed by atoms with Gasteiger partial charge in [-0.15, -0.1) is 11.3 Å². The van der Waals surface area contributed by atoms with Gasteiger partial charge in [0.25, 0.3) is 5.91 Å². The second-order valence-corrected chi connectivity index (χ2v) is 6.58. The lowest BCUT2D eigenvalue weighted by Gasteiger charge is -2.33. The van der Waals surface area contributed by atoms with Crippen molar-refractivity contribution in [2.45, 2.75) is 45.1 Å². The highest BCUT2D eigenvalue weighted by atomic mass is 32.1. The Bertz CT molecular complexity index is 606. The van der Waals surface area contributed by atoms with Gasteiger partial charge in [0.15, 0.2) is 0 Å². The average molecular weight is 305 g/mol. The molecule has 5 nitrogen and oxygen atoms in total. The van der Waals surface area contributed by atoms with E-state index in [0.29, 0.717) is 5.76 Å². The van der Waals surface area contributed by atoms with E-state index in [2.05, 4.69) is 10.1 Å². The van der Waals surface area contributed by atoms with Crippen molar-refractivity contribution < 1.29 is 9.32 Å². The molecule has 1 aliphatic heterocycles. The molecular formula is C15H19N3O2S. The Kier molecular flexibility index (Phi) is 4.05. The molecule has 0 radical (unpaired) electrons. The molecule has 21 heavy (non-hydrogen) atoms. The molecular weight excluding hydrogens is 286 g/mol. The van der Waals surface area contributed by atoms with Crippen LogP contribution in [0.1, 0.15) is 66.3 Å². The smallest absolute Gasteiger partial charge is 0.293 e. The molecule has 0 saturated carbocycles. The minimum Gasteiger partial charge on any atom is -0.351 e. The van der Waals surface area contributed by atoms with Crippen molar-refractivity contribution in [3.05, 3.63) is 34.1 Å². The quantitative estimate of drug-likeness (QED) is 0.869. The van der Waals surface area contributed by atoms with Gasteiger partial charge in [0.2, 0.25) is 5.76 Å². The van der Waals surface area contributed by atoms with Crippen LogP contribution in [0.15, 0.2) is 22.2 Å². The Hall–Kier alpha value is -1.69. The van der Waals surface area contributed by atoms with Gasteiger partial charge in [0, 0.05) is 24.2 Å². The van der Waals surface area contributed by atoms with E-state index in [1.165, 1.54) is 0 Å². The Labute approximate surface area is 128 Å². The van der Waals surface area contributed by atoms with E-state index in [4.69, 9.17) is 4.52 Å². The maximum atomic E-state index is 12.7. The number of hydrogen-bond donors (Lipinski definition) is 0. The van der Waals surface area contributed by atoms with Crippen molar-refractivity contribution >= 4 is 17.2 Å². The van der Waals surface area contributed by atoms with Crippen molar-refractivity contribution in [3.63, 3.8) is 0 Å². The first-order valence-electron chi connectivity index (χ1n) is 7.34. The number of carbonyl (C=O) groups is 1. The van der Waals surface area contributed by atoms with Gasteiger partial charge < -0.3 is 9.42 Å². The lowest BCUT2D eigenvalue weighted by Crippen LogP contribution is -2.38. The minimum absolute atomic E-state index is 0.0684. The number of hydrogen-bond acceptors (Lipinski definition) is 5. The zero-order valence-electron chi connectivity index (χ0n) is 12.3. The van der Waals surface area contributed by atoms with Crippen LogP contribution in [-0.2, 0) is 0 Å². The predicted molar refractivity (Wildman–Crippen MR) is 80.3 cm³/mol. The highest BCUT2D eigenvalue weighted by Gasteiger charge is 2.32. The third kappa shape index (κ3) is 2.85. The minimum atomic E-state index is -0.0747. The van der Waals surface area contributed by atoms with Gasteiger partial charge in [0.1, 0.15) is 5.01 Å². The number of carbonyl (C=O) groups excluding carboxylic acids is 1. The summed E-state index contributed by atoms with van der Waals surface area (Å²) in [6, 6.07) is 1.83. The number of thiazole rings is 1. The lowest BCUT2D eigenvalue weighted by atomic mass is 10.0. The molecule has 2 aromatic rings. The molecule has 0 aromatic carbocycles. The Morgan fingerprint density at radius 3 is 3.00 bits per heavy atom. The van der Waals surface area contributed by atoms with Crippen LogP contribution in [0.4, 0.5) is 0 Å². The first kappa shape index (κ1) is 14.3. The SMILES string of the molecule is CC(C)c1cc(C(=O)N2CCCCC2c2nccs2)on1. The number of rotatable bonds is 3. The van der Waals surface area contributed by atoms with Crippen LogP contribution < -0.4 is 0 Å². The molecule has 2 aromatic heterocycles. The van der Waals surface area contributed by atoms with Crippen molar-refractivity contribution in [3.8, 4) is 0 Å². The fraction of sp³-hybridized carbons (Fsp3) is 0.533. The molecule has 0 spiro atoms. The van der Waals surface area contributed by atoms with E-state index in [1.807, 2.05) is 24.1 Å². The summed E-state index contributed by atoms with van der Waals surface area (Å²) in [5.41, 5.74) is 0.821. The summed E-state index contributed by atoms with van der Waals surface area (Å²) in [5.74, 6) is 0.517. The third-order valence-electron chi connectivity index (χ3n) is 3.83. The second kappa shape index (κ2) is 5.97. The van der Waals surface area contributed by atoms with Gasteiger partial charge in [-0.3, -0.25) is 4.79 Å². The lowest BCUT2D eigenvalue weighted by molar-refractivity contribution is 0.0569. The first-order chi connectivity index (χ1) is 10.2. The topological polar surface area (TPSA) is 59.2 Å². The zero-order valence-corrected chi connectivity index (χ0v) is 13.1. The van der Waals surface area contributed by atoms with Gasteiger partial charge in [-0.1, -0.05) is 19.0 Å². The summed E-state index contributed by atoms with van der Waals surface area (Å²) in [5, 5.41) is 6.95. The van der Waals surface area contributed by atoms with E-state index in [0.717, 1.165) is 36.5 Å². The molecule has 1 saturated heterocycles. The van der Waals surface area contributed by atoms with Crippen molar-refractivity contribution in [2.24, 2.45) is 0 Å². The number of amides is 1. The van der Waals surface area contributed by atoms with Crippen LogP contribution >= 0.6 is 11.3 Å². The molecule has 1 atom stereocenters. The molecule has 1 amide bonds. The largest absolute Gasteiger partial charge is 0.351 e. The zero-order chi connectivity index (χ0) is 14.8. The maximum absolute atomic E-state index is 12.7. The average Bonchev–Trinajstić information content (AvgIpc) is 3.18. The summed E-state index contributed by atoms with van der Waals surface area (Å²) in [4.78, 5) is 19.0. The highest BCUT2D eigenvalue weighted by Crippen LogP contribution is 2.33. The van der Waals surface area contributed by atoms with Crippen LogP contribution in [0.5, 0.6) is 0 Å². The Morgan fingerprint density at radius 1 is 1.48 bits per heavy atom. The fourth-order valence-electron chi connectivity index (χ4n) is 2.63. The third-order valence-corrected chi connectivity index (χ3v) is 4.71. The molecule has 1 unspecified atom stereocenters. The van der Waals surface area contributed by atoms with Gasteiger partial charge in [-0.05, 0) is 25.2 Å². The van der Waals surface area contributed by atoms with Crippen LogP contribution in [0, 0.1) is 0 Å². The summed E-state index contributed by atoms with van der Waals surface area (Å²) < 4.78 is 5.25. The molecule has 3 heterocycles. The predicted octanol–water partition coefficient (Wildman–Crippen LogP) is 3.62. The van der Waals surface area contributed by atoms with Gasteiger partial charge in [-0.25, -0.2) is 4.98 Å². The van der Waals surface area contributed by atoms with Crippen molar-refractivity contribution in [2.75, 3.05) is 6.54 Å². The number of likely N-dealkylation sites (tertiary alicyclic amines) is 1. The maximum Gasteiger partial charge on any atom is 0.293 e. The number of piperidine rings is 1. The van der Waals surface area contributed by atoms with Crippen molar-refractivity contribution in [1.29, 1.82) is 0 Å². The summed E-state index contributed by atoms with van der Waals surface area (Å²) in [6.07, 6.45) is 4.91. The van der Waals surface area contributed by atoms with E-state index >= 15 is 0 Å². The summed E-state index contributed by atoms with van der Waals surface area (Å²) in [7, 11) is 0. The molecule has 112 valence electrons. The standard InChI is InChI=1S/C15H19N3O2S/c1-10(2)11-9-13(20-17-11)15(19)18-7-4-3-5-12(18)14-16-6-8-21-14/h6,8-10,12H,3-5,7H2,1-2H3. The van der Waals surface area contributed by atoms with Gasteiger partial charge >= 0.3 is 0 Å². The monoisotopic (exact) mass is 305 g/mol. The molecule has 6 heteroatoms. The summed E-state index contributed by atoms with van der Waals surface area (Å²) >= 11 is 1.60. The summed E-state index contributed by atoms with van der Waals surface area (Å²) in [6.45, 7) is 4.82. The molecule has 1 fully saturated rings. The Balaban J connectivity index is 1.83. The highest BCUT2D eigenvalue weighted by molar-refractivity contribution is 7.09. The molecule has 0 bridgehead atoms. The molecule has 0 aliphatic carbocycles. The van der Waals surface area contributed by atoms with Crippen LogP contribution in [0.3, 0.4) is 0 Å². The van der Waals surface area contributed by atoms with Crippen LogP contribution in [0.25, 0.3) is 0 Å². The molecule has 1 aliphatic rings. The van der Waals surface area contributed by atoms with Crippen molar-refractivity contribution in [1.82, 2.24) is 15.0 Å². The fourth-order valence-corrected chi connectivity index (χ4v) is 3.42. The van der Waals surface area contributed by atoms with Crippen LogP contribution in [-0.4, -0.2) is 27.5 Å².